The van der Waals surface area contributed by atoms with Crippen molar-refractivity contribution in [2.75, 3.05) is 31.7 Å². The number of methoxy groups -OCH3 is 1. The fourth-order valence-corrected chi connectivity index (χ4v) is 4.12. The molecule has 0 saturated carbocycles. The molecule has 1 N–H and O–H groups in total. The summed E-state index contributed by atoms with van der Waals surface area (Å²) in [6.07, 6.45) is 0. The largest absolute Gasteiger partial charge is 0.496 e. The number of para-hydroxylation sites is 2. The maximum Gasteiger partial charge on any atom is 0.138 e. The predicted molar refractivity (Wildman–Crippen MR) is 101 cm³/mol. The average molecular weight is 339 g/mol. The highest BCUT2D eigenvalue weighted by atomic mass is 32.2. The van der Waals surface area contributed by atoms with Crippen LogP contribution in [0.3, 0.4) is 0 Å². The van der Waals surface area contributed by atoms with Gasteiger partial charge in [-0.05, 0) is 30.3 Å². The van der Waals surface area contributed by atoms with Crippen LogP contribution in [-0.4, -0.2) is 46.6 Å². The van der Waals surface area contributed by atoms with Gasteiger partial charge in [0.05, 0.1) is 18.1 Å². The molecule has 2 heterocycles. The Bertz CT molecular complexity index is 806. The van der Waals surface area contributed by atoms with Crippen molar-refractivity contribution in [2.24, 2.45) is 0 Å². The molecule has 0 radical (unpaired) electrons. The lowest BCUT2D eigenvalue weighted by atomic mass is 10.1. The Kier molecular flexibility index (Phi) is 4.45. The third kappa shape index (κ3) is 3.14. The van der Waals surface area contributed by atoms with Crippen molar-refractivity contribution in [2.45, 2.75) is 6.54 Å². The molecule has 1 aliphatic heterocycles. The molecule has 4 rings (SSSR count). The zero-order valence-electron chi connectivity index (χ0n) is 13.8. The van der Waals surface area contributed by atoms with E-state index in [9.17, 15) is 0 Å². The number of ether oxygens (including phenoxy) is 1. The van der Waals surface area contributed by atoms with Crippen LogP contribution in [0, 0.1) is 0 Å². The number of fused-ring (bicyclic) bond motifs is 1. The maximum atomic E-state index is 5.57. The number of nitrogens with zero attached hydrogens (tertiary/aromatic N) is 2. The summed E-state index contributed by atoms with van der Waals surface area (Å²) in [6.45, 7) is 3.21. The molecular weight excluding hydrogens is 318 g/mol. The second-order valence-corrected chi connectivity index (χ2v) is 7.24. The van der Waals surface area contributed by atoms with E-state index in [1.165, 1.54) is 17.1 Å². The van der Waals surface area contributed by atoms with Gasteiger partial charge < -0.3 is 9.72 Å². The lowest BCUT2D eigenvalue weighted by molar-refractivity contribution is 0.288. The number of aromatic nitrogens is 2. The van der Waals surface area contributed by atoms with Gasteiger partial charge in [-0.15, -0.1) is 0 Å². The lowest BCUT2D eigenvalue weighted by Gasteiger charge is -2.26. The Morgan fingerprint density at radius 2 is 2.00 bits per heavy atom. The van der Waals surface area contributed by atoms with Crippen molar-refractivity contribution < 1.29 is 4.74 Å². The molecule has 1 aromatic heterocycles. The van der Waals surface area contributed by atoms with Crippen molar-refractivity contribution in [3.8, 4) is 17.1 Å². The Hall–Kier alpha value is -1.98. The van der Waals surface area contributed by atoms with E-state index in [1.54, 1.807) is 7.11 Å². The summed E-state index contributed by atoms with van der Waals surface area (Å²) in [5.74, 6) is 4.29. The van der Waals surface area contributed by atoms with E-state index in [2.05, 4.69) is 34.1 Å². The zero-order chi connectivity index (χ0) is 16.4. The number of aromatic amines is 1. The number of benzene rings is 2. The Labute approximate surface area is 146 Å². The van der Waals surface area contributed by atoms with Crippen LogP contribution in [0.1, 0.15) is 5.56 Å². The first-order chi connectivity index (χ1) is 11.8. The smallest absolute Gasteiger partial charge is 0.138 e. The Balaban J connectivity index is 1.67. The second-order valence-electron chi connectivity index (χ2n) is 6.02. The van der Waals surface area contributed by atoms with Crippen molar-refractivity contribution in [1.29, 1.82) is 0 Å². The Morgan fingerprint density at radius 3 is 2.79 bits per heavy atom. The van der Waals surface area contributed by atoms with E-state index in [1.807, 2.05) is 30.0 Å². The summed E-state index contributed by atoms with van der Waals surface area (Å²) in [6, 6.07) is 14.5. The van der Waals surface area contributed by atoms with Crippen molar-refractivity contribution in [3.05, 3.63) is 48.0 Å². The van der Waals surface area contributed by atoms with Gasteiger partial charge in [0.25, 0.3) is 0 Å². The van der Waals surface area contributed by atoms with Crippen LogP contribution in [0.15, 0.2) is 42.5 Å². The highest BCUT2D eigenvalue weighted by Crippen LogP contribution is 2.28. The van der Waals surface area contributed by atoms with Crippen LogP contribution in [0.25, 0.3) is 22.4 Å². The van der Waals surface area contributed by atoms with Crippen LogP contribution >= 0.6 is 11.8 Å². The van der Waals surface area contributed by atoms with Gasteiger partial charge in [-0.3, -0.25) is 4.90 Å². The van der Waals surface area contributed by atoms with Gasteiger partial charge >= 0.3 is 0 Å². The summed E-state index contributed by atoms with van der Waals surface area (Å²) in [7, 11) is 1.74. The van der Waals surface area contributed by atoms with E-state index in [4.69, 9.17) is 9.72 Å². The zero-order valence-corrected chi connectivity index (χ0v) is 14.6. The molecule has 1 fully saturated rings. The van der Waals surface area contributed by atoms with E-state index in [0.29, 0.717) is 0 Å². The first kappa shape index (κ1) is 15.5. The van der Waals surface area contributed by atoms with Gasteiger partial charge in [-0.25, -0.2) is 4.98 Å². The topological polar surface area (TPSA) is 41.1 Å². The van der Waals surface area contributed by atoms with Gasteiger partial charge in [0.15, 0.2) is 0 Å². The van der Waals surface area contributed by atoms with Crippen LogP contribution in [0.2, 0.25) is 0 Å². The van der Waals surface area contributed by atoms with Gasteiger partial charge in [0.1, 0.15) is 11.6 Å². The van der Waals surface area contributed by atoms with Gasteiger partial charge in [0.2, 0.25) is 0 Å². The molecule has 3 aromatic rings. The summed E-state index contributed by atoms with van der Waals surface area (Å²) in [4.78, 5) is 10.6. The number of imidazole rings is 1. The average Bonchev–Trinajstić information content (AvgIpc) is 3.07. The predicted octanol–water partition coefficient (Wildman–Crippen LogP) is 3.79. The second kappa shape index (κ2) is 6.87. The SMILES string of the molecule is COc1ccc(-c2nc3ccccc3[nH]2)cc1CN1CCSCC1. The minimum atomic E-state index is 0.911. The normalized spacial score (nSPS) is 15.7. The van der Waals surface area contributed by atoms with Crippen LogP contribution < -0.4 is 4.74 Å². The fraction of sp³-hybridized carbons (Fsp3) is 0.316. The molecule has 2 aromatic carbocycles. The molecule has 5 heteroatoms. The molecule has 1 saturated heterocycles. The molecule has 0 atom stereocenters. The summed E-state index contributed by atoms with van der Waals surface area (Å²) in [5.41, 5.74) is 4.39. The molecule has 0 unspecified atom stereocenters. The van der Waals surface area contributed by atoms with Crippen LogP contribution in [-0.2, 0) is 6.54 Å². The van der Waals surface area contributed by atoms with Crippen molar-refractivity contribution >= 4 is 22.8 Å². The number of nitrogens with one attached hydrogen (secondary N) is 1. The monoisotopic (exact) mass is 339 g/mol. The first-order valence-electron chi connectivity index (χ1n) is 8.25. The van der Waals surface area contributed by atoms with E-state index in [0.717, 1.165) is 47.8 Å². The van der Waals surface area contributed by atoms with Gasteiger partial charge in [0, 0.05) is 42.3 Å². The summed E-state index contributed by atoms with van der Waals surface area (Å²) in [5, 5.41) is 0. The van der Waals surface area contributed by atoms with E-state index >= 15 is 0 Å². The summed E-state index contributed by atoms with van der Waals surface area (Å²) < 4.78 is 5.57. The highest BCUT2D eigenvalue weighted by molar-refractivity contribution is 7.99. The van der Waals surface area contributed by atoms with Crippen molar-refractivity contribution in [1.82, 2.24) is 14.9 Å². The Morgan fingerprint density at radius 1 is 1.17 bits per heavy atom. The fourth-order valence-electron chi connectivity index (χ4n) is 3.14. The molecule has 124 valence electrons. The highest BCUT2D eigenvalue weighted by Gasteiger charge is 2.15. The quantitative estimate of drug-likeness (QED) is 0.785. The lowest BCUT2D eigenvalue weighted by Crippen LogP contribution is -2.32. The van der Waals surface area contributed by atoms with Crippen LogP contribution in [0.5, 0.6) is 5.75 Å². The van der Waals surface area contributed by atoms with E-state index < -0.39 is 0 Å². The first-order valence-corrected chi connectivity index (χ1v) is 9.41. The molecule has 0 bridgehead atoms. The maximum absolute atomic E-state index is 5.57. The minimum Gasteiger partial charge on any atom is -0.496 e. The molecular formula is C19H21N3OS. The number of H-pyrrole nitrogens is 1. The van der Waals surface area contributed by atoms with Crippen LogP contribution in [0.4, 0.5) is 0 Å². The molecule has 24 heavy (non-hydrogen) atoms. The molecule has 0 amide bonds. The third-order valence-electron chi connectivity index (χ3n) is 4.44. The minimum absolute atomic E-state index is 0.911. The molecule has 1 aliphatic rings. The number of rotatable bonds is 4. The third-order valence-corrected chi connectivity index (χ3v) is 5.38. The number of hydrogen-bond acceptors (Lipinski definition) is 4. The standard InChI is InChI=1S/C19H21N3OS/c1-23-18-7-6-14(12-15(18)13-22-8-10-24-11-9-22)19-20-16-4-2-3-5-17(16)21-19/h2-7,12H,8-11,13H2,1H3,(H,20,21). The molecule has 0 spiro atoms. The van der Waals surface area contributed by atoms with E-state index in [-0.39, 0.29) is 0 Å². The number of thioether (sulfide) groups is 1. The summed E-state index contributed by atoms with van der Waals surface area (Å²) >= 11 is 2.03. The van der Waals surface area contributed by atoms with Gasteiger partial charge in [-0.2, -0.15) is 11.8 Å². The van der Waals surface area contributed by atoms with Crippen molar-refractivity contribution in [3.63, 3.8) is 0 Å². The van der Waals surface area contributed by atoms with Gasteiger partial charge in [-0.1, -0.05) is 12.1 Å². The number of hydrogen-bond donors (Lipinski definition) is 1. The molecule has 0 aliphatic carbocycles. The molecule has 4 nitrogen and oxygen atoms in total.